The van der Waals surface area contributed by atoms with Gasteiger partial charge in [0.25, 0.3) is 0 Å². The Balaban J connectivity index is 1.62. The number of carbonyl (C=O) groups excluding carboxylic acids is 1. The number of aromatic nitrogens is 1. The van der Waals surface area contributed by atoms with Gasteiger partial charge in [-0.2, -0.15) is 13.2 Å². The fraction of sp³-hybridized carbons (Fsp3) is 0.625. The van der Waals surface area contributed by atoms with Crippen molar-refractivity contribution in [2.45, 2.75) is 19.1 Å². The van der Waals surface area contributed by atoms with Gasteiger partial charge in [-0.25, -0.2) is 9.78 Å². The fourth-order valence-electron chi connectivity index (χ4n) is 2.37. The van der Waals surface area contributed by atoms with Gasteiger partial charge < -0.3 is 20.1 Å². The van der Waals surface area contributed by atoms with Crippen LogP contribution in [0.1, 0.15) is 12.0 Å². The van der Waals surface area contributed by atoms with Crippen molar-refractivity contribution < 1.29 is 27.4 Å². The second-order valence-corrected chi connectivity index (χ2v) is 5.82. The molecule has 0 atom stereocenters. The molecule has 1 aromatic heterocycles. The molecular formula is C16H23F3N4O3. The fourth-order valence-corrected chi connectivity index (χ4v) is 2.37. The first-order valence-electron chi connectivity index (χ1n) is 8.39. The lowest BCUT2D eigenvalue weighted by molar-refractivity contribution is -0.154. The SMILES string of the molecule is O=C(NCCCN1CCOCC1)NCc1ccnc(OCC(F)(F)F)c1. The third-order valence-electron chi connectivity index (χ3n) is 3.68. The zero-order valence-corrected chi connectivity index (χ0v) is 14.3. The van der Waals surface area contributed by atoms with E-state index in [4.69, 9.17) is 4.74 Å². The van der Waals surface area contributed by atoms with E-state index < -0.39 is 12.8 Å². The van der Waals surface area contributed by atoms with Gasteiger partial charge in [0.2, 0.25) is 5.88 Å². The average molecular weight is 376 g/mol. The molecule has 7 nitrogen and oxygen atoms in total. The molecule has 1 aromatic rings. The van der Waals surface area contributed by atoms with Crippen molar-refractivity contribution in [3.63, 3.8) is 0 Å². The van der Waals surface area contributed by atoms with Crippen LogP contribution in [-0.4, -0.2) is 68.1 Å². The number of halogens is 3. The van der Waals surface area contributed by atoms with E-state index in [1.54, 1.807) is 6.07 Å². The highest BCUT2D eigenvalue weighted by Gasteiger charge is 2.28. The second-order valence-electron chi connectivity index (χ2n) is 5.82. The first-order valence-corrected chi connectivity index (χ1v) is 8.39. The highest BCUT2D eigenvalue weighted by atomic mass is 19.4. The summed E-state index contributed by atoms with van der Waals surface area (Å²) in [5, 5.41) is 5.40. The first kappa shape index (κ1) is 20.2. The minimum atomic E-state index is -4.42. The van der Waals surface area contributed by atoms with Crippen LogP contribution in [0.3, 0.4) is 0 Å². The second kappa shape index (κ2) is 10.2. The van der Waals surface area contributed by atoms with Gasteiger partial charge in [-0.05, 0) is 24.6 Å². The van der Waals surface area contributed by atoms with Crippen LogP contribution in [0.15, 0.2) is 18.3 Å². The molecule has 2 amide bonds. The average Bonchev–Trinajstić information content (AvgIpc) is 2.62. The van der Waals surface area contributed by atoms with Gasteiger partial charge in [0.15, 0.2) is 6.61 Å². The van der Waals surface area contributed by atoms with Gasteiger partial charge in [0, 0.05) is 38.4 Å². The molecule has 10 heteroatoms. The minimum absolute atomic E-state index is 0.132. The molecule has 0 radical (unpaired) electrons. The van der Waals surface area contributed by atoms with Crippen molar-refractivity contribution in [1.82, 2.24) is 20.5 Å². The Labute approximate surface area is 149 Å². The molecule has 0 aromatic carbocycles. The molecule has 1 saturated heterocycles. The zero-order valence-electron chi connectivity index (χ0n) is 14.3. The van der Waals surface area contributed by atoms with Crippen LogP contribution in [0, 0.1) is 0 Å². The summed E-state index contributed by atoms with van der Waals surface area (Å²) in [6, 6.07) is 2.63. The number of amides is 2. The van der Waals surface area contributed by atoms with E-state index in [0.29, 0.717) is 12.1 Å². The summed E-state index contributed by atoms with van der Waals surface area (Å²) in [4.78, 5) is 17.7. The zero-order chi connectivity index (χ0) is 18.8. The number of urea groups is 1. The number of hydrogen-bond donors (Lipinski definition) is 2. The van der Waals surface area contributed by atoms with E-state index in [-0.39, 0.29) is 18.5 Å². The largest absolute Gasteiger partial charge is 0.468 e. The van der Waals surface area contributed by atoms with Crippen molar-refractivity contribution in [2.75, 3.05) is 46.0 Å². The van der Waals surface area contributed by atoms with E-state index >= 15 is 0 Å². The Kier molecular flexibility index (Phi) is 7.92. The summed E-state index contributed by atoms with van der Waals surface area (Å²) < 4.78 is 46.2. The standard InChI is InChI=1S/C16H23F3N4O3/c17-16(18,19)12-26-14-10-13(2-4-20-14)11-22-15(24)21-3-1-5-23-6-8-25-9-7-23/h2,4,10H,1,3,5-9,11-12H2,(H2,21,22,24). The number of morpholine rings is 1. The van der Waals surface area contributed by atoms with E-state index in [0.717, 1.165) is 39.3 Å². The number of alkyl halides is 3. The molecule has 1 aliphatic heterocycles. The molecule has 0 aliphatic carbocycles. The normalized spacial score (nSPS) is 15.5. The Bertz CT molecular complexity index is 566. The Morgan fingerprint density at radius 2 is 2.08 bits per heavy atom. The summed E-state index contributed by atoms with van der Waals surface area (Å²) in [6.45, 7) is 3.51. The lowest BCUT2D eigenvalue weighted by Crippen LogP contribution is -2.39. The van der Waals surface area contributed by atoms with E-state index in [9.17, 15) is 18.0 Å². The maximum absolute atomic E-state index is 12.1. The smallest absolute Gasteiger partial charge is 0.422 e. The topological polar surface area (TPSA) is 75.7 Å². The van der Waals surface area contributed by atoms with Crippen molar-refractivity contribution in [2.24, 2.45) is 0 Å². The van der Waals surface area contributed by atoms with Gasteiger partial charge in [-0.15, -0.1) is 0 Å². The van der Waals surface area contributed by atoms with Crippen LogP contribution < -0.4 is 15.4 Å². The summed E-state index contributed by atoms with van der Waals surface area (Å²) in [5.74, 6) is -0.132. The highest BCUT2D eigenvalue weighted by molar-refractivity contribution is 5.73. The van der Waals surface area contributed by atoms with Gasteiger partial charge >= 0.3 is 12.2 Å². The molecule has 0 spiro atoms. The number of ether oxygens (including phenoxy) is 2. The van der Waals surface area contributed by atoms with Crippen molar-refractivity contribution >= 4 is 6.03 Å². The quantitative estimate of drug-likeness (QED) is 0.674. The molecule has 2 heterocycles. The molecular weight excluding hydrogens is 353 g/mol. The number of nitrogens with one attached hydrogen (secondary N) is 2. The van der Waals surface area contributed by atoms with Crippen LogP contribution in [0.5, 0.6) is 5.88 Å². The monoisotopic (exact) mass is 376 g/mol. The van der Waals surface area contributed by atoms with Crippen molar-refractivity contribution in [1.29, 1.82) is 0 Å². The molecule has 1 fully saturated rings. The van der Waals surface area contributed by atoms with Crippen LogP contribution in [0.2, 0.25) is 0 Å². The van der Waals surface area contributed by atoms with Gasteiger partial charge in [-0.1, -0.05) is 0 Å². The minimum Gasteiger partial charge on any atom is -0.468 e. The van der Waals surface area contributed by atoms with E-state index in [2.05, 4.69) is 25.3 Å². The van der Waals surface area contributed by atoms with Crippen molar-refractivity contribution in [3.8, 4) is 5.88 Å². The summed E-state index contributed by atoms with van der Waals surface area (Å²) in [5.41, 5.74) is 0.598. The number of carbonyl (C=O) groups is 1. The molecule has 26 heavy (non-hydrogen) atoms. The number of hydrogen-bond acceptors (Lipinski definition) is 5. The Morgan fingerprint density at radius 1 is 1.31 bits per heavy atom. The van der Waals surface area contributed by atoms with Crippen LogP contribution in [0.25, 0.3) is 0 Å². The Hall–Kier alpha value is -2.07. The predicted octanol–water partition coefficient (Wildman–Crippen LogP) is 1.54. The van der Waals surface area contributed by atoms with E-state index in [1.807, 2.05) is 0 Å². The molecule has 0 unspecified atom stereocenters. The van der Waals surface area contributed by atoms with Crippen molar-refractivity contribution in [3.05, 3.63) is 23.9 Å². The molecule has 0 saturated carbocycles. The molecule has 1 aliphatic rings. The molecule has 2 N–H and O–H groups in total. The molecule has 0 bridgehead atoms. The first-order chi connectivity index (χ1) is 12.4. The maximum Gasteiger partial charge on any atom is 0.422 e. The lowest BCUT2D eigenvalue weighted by Gasteiger charge is -2.26. The van der Waals surface area contributed by atoms with E-state index in [1.165, 1.54) is 12.3 Å². The van der Waals surface area contributed by atoms with Crippen LogP contribution in [-0.2, 0) is 11.3 Å². The molecule has 146 valence electrons. The third kappa shape index (κ3) is 8.34. The summed E-state index contributed by atoms with van der Waals surface area (Å²) in [7, 11) is 0. The number of nitrogens with zero attached hydrogens (tertiary/aromatic N) is 2. The van der Waals surface area contributed by atoms with Gasteiger partial charge in [-0.3, -0.25) is 4.90 Å². The highest BCUT2D eigenvalue weighted by Crippen LogP contribution is 2.17. The predicted molar refractivity (Wildman–Crippen MR) is 87.9 cm³/mol. The maximum atomic E-state index is 12.1. The molecule has 2 rings (SSSR count). The third-order valence-corrected chi connectivity index (χ3v) is 3.68. The number of pyridine rings is 1. The van der Waals surface area contributed by atoms with Crippen LogP contribution in [0.4, 0.5) is 18.0 Å². The van der Waals surface area contributed by atoms with Gasteiger partial charge in [0.1, 0.15) is 0 Å². The van der Waals surface area contributed by atoms with Gasteiger partial charge in [0.05, 0.1) is 13.2 Å². The lowest BCUT2D eigenvalue weighted by atomic mass is 10.2. The number of rotatable bonds is 8. The summed E-state index contributed by atoms with van der Waals surface area (Å²) >= 11 is 0. The summed E-state index contributed by atoms with van der Waals surface area (Å²) in [6.07, 6.45) is -2.25. The Morgan fingerprint density at radius 3 is 2.81 bits per heavy atom. The van der Waals surface area contributed by atoms with Crippen LogP contribution >= 0.6 is 0 Å².